The zero-order chi connectivity index (χ0) is 15.1. The molecule has 2 unspecified atom stereocenters. The number of hydrogen-bond acceptors (Lipinski definition) is 5. The molecule has 2 atom stereocenters. The Bertz CT molecular complexity index is 480. The molecule has 1 aliphatic carbocycles. The summed E-state index contributed by atoms with van der Waals surface area (Å²) in [4.78, 5) is 30.7. The number of rotatable bonds is 6. The van der Waals surface area contributed by atoms with Crippen molar-refractivity contribution in [3.8, 4) is 0 Å². The van der Waals surface area contributed by atoms with Crippen LogP contribution in [0.15, 0.2) is 18.5 Å². The lowest BCUT2D eigenvalue weighted by molar-refractivity contribution is -0.144. The summed E-state index contributed by atoms with van der Waals surface area (Å²) < 4.78 is 0. The molecule has 0 spiro atoms. The summed E-state index contributed by atoms with van der Waals surface area (Å²) in [7, 11) is 0. The van der Waals surface area contributed by atoms with E-state index in [0.29, 0.717) is 6.54 Å². The predicted molar refractivity (Wildman–Crippen MR) is 76.6 cm³/mol. The molecule has 114 valence electrons. The first-order valence-corrected chi connectivity index (χ1v) is 7.17. The summed E-state index contributed by atoms with van der Waals surface area (Å²) in [6.07, 6.45) is 6.75. The van der Waals surface area contributed by atoms with Gasteiger partial charge in [-0.1, -0.05) is 12.8 Å². The molecule has 0 saturated heterocycles. The van der Waals surface area contributed by atoms with E-state index >= 15 is 0 Å². The van der Waals surface area contributed by atoms with Gasteiger partial charge in [-0.25, -0.2) is 9.97 Å². The predicted octanol–water partition coefficient (Wildman–Crippen LogP) is 0.896. The number of amides is 1. The van der Waals surface area contributed by atoms with Crippen LogP contribution in [-0.2, 0) is 9.59 Å². The Hall–Kier alpha value is -2.02. The van der Waals surface area contributed by atoms with Gasteiger partial charge in [-0.3, -0.25) is 14.9 Å². The van der Waals surface area contributed by atoms with Gasteiger partial charge in [0.15, 0.2) is 0 Å². The second-order valence-electron chi connectivity index (χ2n) is 5.24. The summed E-state index contributed by atoms with van der Waals surface area (Å²) in [6.45, 7) is 0.668. The molecule has 3 N–H and O–H groups in total. The Morgan fingerprint density at radius 3 is 2.67 bits per heavy atom. The molecule has 0 aliphatic heterocycles. The summed E-state index contributed by atoms with van der Waals surface area (Å²) in [5, 5.41) is 14.8. The molecule has 1 heterocycles. The second kappa shape index (κ2) is 7.68. The molecule has 0 radical (unpaired) electrons. The fourth-order valence-corrected chi connectivity index (χ4v) is 2.68. The van der Waals surface area contributed by atoms with Crippen LogP contribution in [-0.4, -0.2) is 40.0 Å². The van der Waals surface area contributed by atoms with Crippen LogP contribution in [0.3, 0.4) is 0 Å². The largest absolute Gasteiger partial charge is 0.481 e. The van der Waals surface area contributed by atoms with Crippen LogP contribution in [0, 0.1) is 11.8 Å². The van der Waals surface area contributed by atoms with Gasteiger partial charge in [0.25, 0.3) is 0 Å². The SMILES string of the molecule is O=C(CNCC1CCCCC1C(=O)O)Nc1ncccn1. The first kappa shape index (κ1) is 15.4. The number of carboxylic acids is 1. The van der Waals surface area contributed by atoms with Crippen molar-refractivity contribution < 1.29 is 14.7 Å². The van der Waals surface area contributed by atoms with E-state index in [0.717, 1.165) is 25.7 Å². The molecular formula is C14H20N4O3. The van der Waals surface area contributed by atoms with Crippen LogP contribution in [0.1, 0.15) is 25.7 Å². The number of hydrogen-bond donors (Lipinski definition) is 3. The monoisotopic (exact) mass is 292 g/mol. The molecule has 1 aromatic heterocycles. The summed E-state index contributed by atoms with van der Waals surface area (Å²) in [5.41, 5.74) is 0. The number of aliphatic carboxylic acids is 1. The van der Waals surface area contributed by atoms with E-state index in [1.165, 1.54) is 0 Å². The number of carbonyl (C=O) groups excluding carboxylic acids is 1. The minimum atomic E-state index is -0.733. The van der Waals surface area contributed by atoms with Gasteiger partial charge in [0.2, 0.25) is 11.9 Å². The number of nitrogens with zero attached hydrogens (tertiary/aromatic N) is 2. The van der Waals surface area contributed by atoms with Crippen LogP contribution in [0.2, 0.25) is 0 Å². The first-order valence-electron chi connectivity index (χ1n) is 7.17. The van der Waals surface area contributed by atoms with E-state index in [4.69, 9.17) is 0 Å². The van der Waals surface area contributed by atoms with Gasteiger partial charge in [-0.15, -0.1) is 0 Å². The van der Waals surface area contributed by atoms with Crippen LogP contribution < -0.4 is 10.6 Å². The van der Waals surface area contributed by atoms with Gasteiger partial charge in [0, 0.05) is 12.4 Å². The second-order valence-corrected chi connectivity index (χ2v) is 5.24. The summed E-state index contributed by atoms with van der Waals surface area (Å²) in [6, 6.07) is 1.67. The molecule has 1 aromatic rings. The number of carboxylic acid groups (broad SMARTS) is 1. The molecule has 1 aliphatic rings. The topological polar surface area (TPSA) is 104 Å². The summed E-state index contributed by atoms with van der Waals surface area (Å²) in [5.74, 6) is -0.901. The fraction of sp³-hybridized carbons (Fsp3) is 0.571. The van der Waals surface area contributed by atoms with Gasteiger partial charge in [-0.2, -0.15) is 0 Å². The molecule has 1 fully saturated rings. The quantitative estimate of drug-likeness (QED) is 0.719. The molecule has 2 rings (SSSR count). The van der Waals surface area contributed by atoms with Crippen LogP contribution in [0.4, 0.5) is 5.95 Å². The third kappa shape index (κ3) is 4.78. The van der Waals surface area contributed by atoms with Crippen molar-refractivity contribution in [1.82, 2.24) is 15.3 Å². The maximum absolute atomic E-state index is 11.7. The van der Waals surface area contributed by atoms with Gasteiger partial charge in [0.1, 0.15) is 0 Å². The van der Waals surface area contributed by atoms with Crippen LogP contribution >= 0.6 is 0 Å². The van der Waals surface area contributed by atoms with E-state index < -0.39 is 5.97 Å². The molecule has 1 amide bonds. The highest BCUT2D eigenvalue weighted by Gasteiger charge is 2.30. The third-order valence-electron chi connectivity index (χ3n) is 3.74. The van der Waals surface area contributed by atoms with E-state index in [1.807, 2.05) is 0 Å². The molecule has 1 saturated carbocycles. The standard InChI is InChI=1S/C14H20N4O3/c19-12(18-14-16-6-3-7-17-14)9-15-8-10-4-1-2-5-11(10)13(20)21/h3,6-7,10-11,15H,1-2,4-5,8-9H2,(H,20,21)(H,16,17,18,19). The van der Waals surface area contributed by atoms with E-state index in [-0.39, 0.29) is 30.2 Å². The van der Waals surface area contributed by atoms with Gasteiger partial charge < -0.3 is 10.4 Å². The highest BCUT2D eigenvalue weighted by atomic mass is 16.4. The van der Waals surface area contributed by atoms with E-state index in [2.05, 4.69) is 20.6 Å². The maximum atomic E-state index is 11.7. The average molecular weight is 292 g/mol. The smallest absolute Gasteiger partial charge is 0.306 e. The number of aromatic nitrogens is 2. The molecule has 21 heavy (non-hydrogen) atoms. The van der Waals surface area contributed by atoms with Crippen molar-refractivity contribution in [3.63, 3.8) is 0 Å². The molecule has 7 heteroatoms. The maximum Gasteiger partial charge on any atom is 0.306 e. The van der Waals surface area contributed by atoms with Crippen molar-refractivity contribution >= 4 is 17.8 Å². The minimum Gasteiger partial charge on any atom is -0.481 e. The number of nitrogens with one attached hydrogen (secondary N) is 2. The highest BCUT2D eigenvalue weighted by molar-refractivity contribution is 5.90. The Morgan fingerprint density at radius 2 is 1.95 bits per heavy atom. The van der Waals surface area contributed by atoms with E-state index in [1.54, 1.807) is 18.5 Å². The normalized spacial score (nSPS) is 21.7. The lowest BCUT2D eigenvalue weighted by Crippen LogP contribution is -2.37. The Morgan fingerprint density at radius 1 is 1.24 bits per heavy atom. The number of carbonyl (C=O) groups is 2. The van der Waals surface area contributed by atoms with Gasteiger partial charge in [-0.05, 0) is 31.4 Å². The fourth-order valence-electron chi connectivity index (χ4n) is 2.68. The van der Waals surface area contributed by atoms with Crippen molar-refractivity contribution in [1.29, 1.82) is 0 Å². The number of anilines is 1. The minimum absolute atomic E-state index is 0.0945. The van der Waals surface area contributed by atoms with Crippen molar-refractivity contribution in [2.45, 2.75) is 25.7 Å². The molecule has 0 bridgehead atoms. The Labute approximate surface area is 123 Å². The zero-order valence-electron chi connectivity index (χ0n) is 11.8. The van der Waals surface area contributed by atoms with E-state index in [9.17, 15) is 14.7 Å². The zero-order valence-corrected chi connectivity index (χ0v) is 11.8. The molecule has 7 nitrogen and oxygen atoms in total. The van der Waals surface area contributed by atoms with Crippen molar-refractivity contribution in [2.24, 2.45) is 11.8 Å². The Balaban J connectivity index is 1.73. The van der Waals surface area contributed by atoms with Crippen LogP contribution in [0.5, 0.6) is 0 Å². The van der Waals surface area contributed by atoms with Gasteiger partial charge in [0.05, 0.1) is 12.5 Å². The average Bonchev–Trinajstić information content (AvgIpc) is 2.48. The first-order chi connectivity index (χ1) is 10.2. The lowest BCUT2D eigenvalue weighted by atomic mass is 9.79. The van der Waals surface area contributed by atoms with Crippen LogP contribution in [0.25, 0.3) is 0 Å². The molecular weight excluding hydrogens is 272 g/mol. The van der Waals surface area contributed by atoms with Crippen molar-refractivity contribution in [2.75, 3.05) is 18.4 Å². The molecule has 0 aromatic carbocycles. The lowest BCUT2D eigenvalue weighted by Gasteiger charge is -2.28. The summed E-state index contributed by atoms with van der Waals surface area (Å²) >= 11 is 0. The highest BCUT2D eigenvalue weighted by Crippen LogP contribution is 2.29. The van der Waals surface area contributed by atoms with Crippen molar-refractivity contribution in [3.05, 3.63) is 18.5 Å². The van der Waals surface area contributed by atoms with Gasteiger partial charge >= 0.3 is 5.97 Å². The third-order valence-corrected chi connectivity index (χ3v) is 3.74. The Kier molecular flexibility index (Phi) is 5.62.